The molecule has 4 saturated heterocycles. The highest BCUT2D eigenvalue weighted by Crippen LogP contribution is 2.33. The van der Waals surface area contributed by atoms with Gasteiger partial charge in [-0.2, -0.15) is 0 Å². The summed E-state index contributed by atoms with van der Waals surface area (Å²) in [6.45, 7) is 14.6. The third-order valence-electron chi connectivity index (χ3n) is 15.6. The minimum Gasteiger partial charge on any atom is -0.340 e. The molecule has 12 aliphatic rings. The number of nitrogens with zero attached hydrogens (tertiary/aromatic N) is 12. The minimum atomic E-state index is 0.237. The number of hydrogen-bond donors (Lipinski definition) is 2. The summed E-state index contributed by atoms with van der Waals surface area (Å²) < 4.78 is 0. The van der Waals surface area contributed by atoms with E-state index in [1.807, 2.05) is 49.3 Å². The van der Waals surface area contributed by atoms with Crippen molar-refractivity contribution in [3.8, 4) is 22.3 Å². The molecule has 16 heterocycles. The first kappa shape index (κ1) is 49.8. The Labute approximate surface area is 435 Å². The van der Waals surface area contributed by atoms with Crippen LogP contribution in [0.5, 0.6) is 0 Å². The summed E-state index contributed by atoms with van der Waals surface area (Å²) >= 11 is 0. The maximum absolute atomic E-state index is 12.7. The number of aromatic nitrogens is 6. The zero-order chi connectivity index (χ0) is 50.1. The van der Waals surface area contributed by atoms with Crippen molar-refractivity contribution in [1.82, 2.24) is 59.3 Å². The first-order chi connectivity index (χ1) is 36.4. The standard InChI is InChI=1S/2C29H35N7O/c2*37-26-6-2-10-36-11-3-7-27(36)29-31-18-24(19-32-29)23-8-9-30-28(17-23)33-25-5-1-4-22(16-25)20-34-12-14-35(21-26)15-13-34/h2*1,4-5,8-9,16-19,27H,2-3,6-7,10-15,20-21H2,(H,30,33). The van der Waals surface area contributed by atoms with E-state index in [-0.39, 0.29) is 12.1 Å². The van der Waals surface area contributed by atoms with Gasteiger partial charge in [0, 0.05) is 138 Å². The second-order valence-electron chi connectivity index (χ2n) is 20.9. The molecule has 4 aromatic heterocycles. The van der Waals surface area contributed by atoms with Crippen molar-refractivity contribution in [3.05, 3.63) is 133 Å². The van der Waals surface area contributed by atoms with Gasteiger partial charge >= 0.3 is 0 Å². The SMILES string of the molecule is O=C1CCCN2CCCC2c2ncc(cn2)-c2ccnc(c2)Nc2cccc(c2)CN2CCN(CC2)C1.O=C1CCCN2CCCC2c2ncc(cn2)-c2ccnc(c2)Nc2cccc(c2)CN2CCN(CC2)C1. The van der Waals surface area contributed by atoms with Crippen molar-refractivity contribution in [3.63, 3.8) is 0 Å². The molecule has 2 aromatic carbocycles. The average molecular weight is 995 g/mol. The average Bonchev–Trinajstić information content (AvgIpc) is 4.10. The third kappa shape index (κ3) is 12.9. The quantitative estimate of drug-likeness (QED) is 0.152. The van der Waals surface area contributed by atoms with Gasteiger partial charge < -0.3 is 10.6 Å². The Balaban J connectivity index is 0.000000159. The highest BCUT2D eigenvalue weighted by atomic mass is 16.1. The van der Waals surface area contributed by atoms with E-state index in [9.17, 15) is 9.59 Å². The van der Waals surface area contributed by atoms with Crippen LogP contribution in [0.1, 0.15) is 86.2 Å². The van der Waals surface area contributed by atoms with Gasteiger partial charge in [0.05, 0.1) is 25.2 Å². The molecular formula is C58H70N14O2. The van der Waals surface area contributed by atoms with E-state index in [0.29, 0.717) is 37.5 Å². The van der Waals surface area contributed by atoms with E-state index in [4.69, 9.17) is 19.9 Å². The summed E-state index contributed by atoms with van der Waals surface area (Å²) in [7, 11) is 0. The molecule has 74 heavy (non-hydrogen) atoms. The van der Waals surface area contributed by atoms with E-state index in [2.05, 4.69) is 111 Å². The van der Waals surface area contributed by atoms with Gasteiger partial charge in [-0.25, -0.2) is 29.9 Å². The molecule has 0 aliphatic carbocycles. The number of benzene rings is 2. The normalized spacial score (nSPS) is 25.0. The number of piperazine rings is 2. The molecule has 2 atom stereocenters. The Morgan fingerprint density at radius 3 is 1.22 bits per heavy atom. The maximum atomic E-state index is 12.7. The first-order valence-electron chi connectivity index (χ1n) is 27.1. The van der Waals surface area contributed by atoms with Gasteiger partial charge in [-0.1, -0.05) is 24.3 Å². The van der Waals surface area contributed by atoms with Crippen molar-refractivity contribution in [1.29, 1.82) is 0 Å². The lowest BCUT2D eigenvalue weighted by molar-refractivity contribution is -0.121. The zero-order valence-electron chi connectivity index (χ0n) is 42.7. The predicted octanol–water partition coefficient (Wildman–Crippen LogP) is 7.80. The van der Waals surface area contributed by atoms with E-state index in [1.54, 1.807) is 0 Å². The van der Waals surface area contributed by atoms with Gasteiger partial charge in [0.1, 0.15) is 34.9 Å². The molecule has 0 spiro atoms. The molecule has 12 aliphatic heterocycles. The molecule has 2 unspecified atom stereocenters. The highest BCUT2D eigenvalue weighted by Gasteiger charge is 2.30. The number of Topliss-reactive ketones (excluding diaryl/α,β-unsaturated/α-hetero) is 2. The fraction of sp³-hybridized carbons (Fsp3) is 0.448. The first-order valence-corrected chi connectivity index (χ1v) is 27.1. The van der Waals surface area contributed by atoms with Crippen LogP contribution in [0.2, 0.25) is 0 Å². The van der Waals surface area contributed by atoms with Crippen LogP contribution in [0.3, 0.4) is 0 Å². The fourth-order valence-electron chi connectivity index (χ4n) is 11.6. The molecule has 6 aromatic rings. The summed E-state index contributed by atoms with van der Waals surface area (Å²) in [6, 6.07) is 25.7. The van der Waals surface area contributed by atoms with Gasteiger partial charge in [0.25, 0.3) is 0 Å². The van der Waals surface area contributed by atoms with E-state index >= 15 is 0 Å². The van der Waals surface area contributed by atoms with Crippen LogP contribution >= 0.6 is 0 Å². The summed E-state index contributed by atoms with van der Waals surface area (Å²) in [5, 5.41) is 6.95. The number of ketones is 2. The largest absolute Gasteiger partial charge is 0.340 e. The maximum Gasteiger partial charge on any atom is 0.146 e. The number of anilines is 4. The van der Waals surface area contributed by atoms with Crippen molar-refractivity contribution >= 4 is 34.6 Å². The molecule has 0 radical (unpaired) electrons. The van der Waals surface area contributed by atoms with Crippen LogP contribution in [0.4, 0.5) is 23.0 Å². The van der Waals surface area contributed by atoms with Gasteiger partial charge in [-0.3, -0.25) is 39.0 Å². The topological polar surface area (TPSA) is 155 Å². The molecule has 0 amide bonds. The van der Waals surface area contributed by atoms with Crippen LogP contribution in [-0.4, -0.2) is 162 Å². The molecule has 0 saturated carbocycles. The Morgan fingerprint density at radius 2 is 0.797 bits per heavy atom. The van der Waals surface area contributed by atoms with Crippen molar-refractivity contribution < 1.29 is 9.59 Å². The van der Waals surface area contributed by atoms with E-state index in [1.165, 1.54) is 11.1 Å². The summed E-state index contributed by atoms with van der Waals surface area (Å²) in [4.78, 5) is 68.1. The van der Waals surface area contributed by atoms with Crippen molar-refractivity contribution in [2.45, 2.75) is 76.5 Å². The summed E-state index contributed by atoms with van der Waals surface area (Å²) in [5.41, 5.74) is 8.64. The molecular weight excluding hydrogens is 925 g/mol. The number of carbonyl (C=O) groups excluding carboxylic acids is 2. The smallest absolute Gasteiger partial charge is 0.146 e. The molecule has 2 N–H and O–H groups in total. The van der Waals surface area contributed by atoms with Gasteiger partial charge in [-0.05, 0) is 135 Å². The molecule has 384 valence electrons. The van der Waals surface area contributed by atoms with E-state index < -0.39 is 0 Å². The van der Waals surface area contributed by atoms with Gasteiger partial charge in [-0.15, -0.1) is 0 Å². The third-order valence-corrected chi connectivity index (χ3v) is 15.6. The van der Waals surface area contributed by atoms with Crippen molar-refractivity contribution in [2.75, 3.05) is 102 Å². The van der Waals surface area contributed by atoms with Gasteiger partial charge in [0.2, 0.25) is 0 Å². The monoisotopic (exact) mass is 995 g/mol. The molecule has 16 heteroatoms. The Bertz CT molecular complexity index is 2640. The van der Waals surface area contributed by atoms with Crippen LogP contribution in [0, 0.1) is 0 Å². The van der Waals surface area contributed by atoms with E-state index in [0.717, 1.165) is 187 Å². The van der Waals surface area contributed by atoms with Crippen LogP contribution in [0.25, 0.3) is 22.3 Å². The highest BCUT2D eigenvalue weighted by molar-refractivity contribution is 5.81. The number of carbonyl (C=O) groups is 2. The van der Waals surface area contributed by atoms with Crippen LogP contribution in [0.15, 0.2) is 110 Å². The second kappa shape index (κ2) is 23.9. The lowest BCUT2D eigenvalue weighted by atomic mass is 10.1. The van der Waals surface area contributed by atoms with Gasteiger partial charge in [0.15, 0.2) is 0 Å². The Hall–Kier alpha value is -6.40. The molecule has 16 bridgehead atoms. The fourth-order valence-corrected chi connectivity index (χ4v) is 11.6. The lowest BCUT2D eigenvalue weighted by Crippen LogP contribution is -2.47. The molecule has 16 nitrogen and oxygen atoms in total. The predicted molar refractivity (Wildman–Crippen MR) is 289 cm³/mol. The molecule has 4 fully saturated rings. The van der Waals surface area contributed by atoms with Crippen molar-refractivity contribution in [2.24, 2.45) is 0 Å². The van der Waals surface area contributed by atoms with Crippen LogP contribution in [-0.2, 0) is 22.7 Å². The van der Waals surface area contributed by atoms with Crippen LogP contribution < -0.4 is 10.6 Å². The number of pyridine rings is 2. The second-order valence-corrected chi connectivity index (χ2v) is 20.9. The number of nitrogens with one attached hydrogen (secondary N) is 2. The Kier molecular flexibility index (Phi) is 16.1. The number of hydrogen-bond acceptors (Lipinski definition) is 16. The lowest BCUT2D eigenvalue weighted by Gasteiger charge is -2.34. The minimum absolute atomic E-state index is 0.237. The summed E-state index contributed by atoms with van der Waals surface area (Å²) in [6.07, 6.45) is 18.9. The number of rotatable bonds is 0. The Morgan fingerprint density at radius 1 is 0.405 bits per heavy atom. The summed E-state index contributed by atoms with van der Waals surface area (Å²) in [5.74, 6) is 4.09. The zero-order valence-corrected chi connectivity index (χ0v) is 42.7. The molecule has 18 rings (SSSR count).